The van der Waals surface area contributed by atoms with Gasteiger partial charge in [-0.25, -0.2) is 9.59 Å². The Labute approximate surface area is 388 Å². The zero-order valence-electron chi connectivity index (χ0n) is 39.1. The Kier molecular flexibility index (Phi) is 12.8. The third kappa shape index (κ3) is 8.98. The Morgan fingerprint density at radius 1 is 0.561 bits per heavy atom. The zero-order valence-corrected chi connectivity index (χ0v) is 39.1. The average molecular weight is 891 g/mol. The van der Waals surface area contributed by atoms with Crippen LogP contribution in [0.15, 0.2) is 82.8 Å². The number of fused-ring (bicyclic) bond motifs is 2. The monoisotopic (exact) mass is 890 g/mol. The number of amides is 4. The van der Waals surface area contributed by atoms with Crippen molar-refractivity contribution < 1.29 is 28.7 Å². The van der Waals surface area contributed by atoms with Gasteiger partial charge in [0.15, 0.2) is 0 Å². The second-order valence-electron chi connectivity index (χ2n) is 19.3. The maximum absolute atomic E-state index is 13.8. The Balaban J connectivity index is 0.895. The van der Waals surface area contributed by atoms with E-state index < -0.39 is 24.3 Å². The minimum atomic E-state index is -0.662. The first-order chi connectivity index (χ1) is 31.9. The first kappa shape index (κ1) is 44.9. The van der Waals surface area contributed by atoms with E-state index >= 15 is 0 Å². The molecular weight excluding hydrogens is 829 g/mol. The summed E-state index contributed by atoms with van der Waals surface area (Å²) in [6, 6.07) is 25.8. The molecule has 2 N–H and O–H groups in total. The summed E-state index contributed by atoms with van der Waals surface area (Å²) in [6.07, 6.45) is 7.29. The highest BCUT2D eigenvalue weighted by Gasteiger charge is 2.40. The van der Waals surface area contributed by atoms with Crippen molar-refractivity contribution in [3.8, 4) is 22.3 Å². The van der Waals surface area contributed by atoms with Crippen LogP contribution >= 0.6 is 0 Å². The highest BCUT2D eigenvalue weighted by molar-refractivity contribution is 6.02. The molecule has 0 spiro atoms. The van der Waals surface area contributed by atoms with Crippen molar-refractivity contribution in [2.24, 2.45) is 21.8 Å². The number of carbonyl (C=O) groups is 4. The van der Waals surface area contributed by atoms with Gasteiger partial charge in [-0.3, -0.25) is 19.6 Å². The van der Waals surface area contributed by atoms with E-state index in [-0.39, 0.29) is 35.7 Å². The van der Waals surface area contributed by atoms with E-state index in [1.54, 1.807) is 0 Å². The first-order valence-corrected chi connectivity index (χ1v) is 23.8. The standard InChI is InChI=1S/C54H62N6O6/c1-31(2)49(57-53(63)65-5)51(61)59-23-7-9-47(59)45-29-39-27-37(19-21-43(39)55-45)41-25-33-11-15-35(41)17-13-34-12-16-36(18-14-33)42(26-34)38-20-22-44-40(28-38)30-46(56-44)48-10-8-24-60(48)52(62)50(32(3)4)58-54(64)66-6/h11-12,15-16,19-22,25-28,31-32,47-50H,7-10,13-14,17-18,23-24,29-30H2,1-6H3,(H,57,63)(H,58,64)/t47?,48?,49-,50-/m0/s1. The van der Waals surface area contributed by atoms with Crippen molar-refractivity contribution >= 4 is 46.8 Å². The lowest BCUT2D eigenvalue weighted by molar-refractivity contribution is -0.134. The minimum absolute atomic E-state index is 0.0834. The summed E-state index contributed by atoms with van der Waals surface area (Å²) in [4.78, 5) is 65.9. The molecule has 0 aromatic heterocycles. The molecule has 4 aromatic rings. The Morgan fingerprint density at radius 3 is 1.38 bits per heavy atom. The molecule has 2 saturated heterocycles. The number of nitrogens with one attached hydrogen (secondary N) is 2. The topological polar surface area (TPSA) is 142 Å². The maximum atomic E-state index is 13.8. The fourth-order valence-corrected chi connectivity index (χ4v) is 10.8. The van der Waals surface area contributed by atoms with Gasteiger partial charge in [0, 0.05) is 37.4 Å². The van der Waals surface area contributed by atoms with Crippen molar-refractivity contribution in [2.75, 3.05) is 27.3 Å². The molecule has 4 aliphatic heterocycles. The number of aryl methyl sites for hydroxylation is 4. The van der Waals surface area contributed by atoms with Crippen LogP contribution in [-0.4, -0.2) is 96.7 Å². The van der Waals surface area contributed by atoms with Crippen molar-refractivity contribution in [1.82, 2.24) is 20.4 Å². The SMILES string of the molecule is COC(=O)N[C@H](C(=O)N1CCCC1C1=Nc2ccc(-c3cc4ccc3CCc3ccc(c(-c5ccc6c(c5)CC(C5CCCN5C(=O)[C@@H](NC(=O)OC)C(C)C)=N6)c3)CC4)cc2C1)C(C)C. The van der Waals surface area contributed by atoms with Crippen LogP contribution in [0.5, 0.6) is 0 Å². The predicted molar refractivity (Wildman–Crippen MR) is 258 cm³/mol. The van der Waals surface area contributed by atoms with E-state index in [4.69, 9.17) is 19.5 Å². The number of hydrogen-bond acceptors (Lipinski definition) is 8. The number of carbonyl (C=O) groups excluding carboxylic acids is 4. The van der Waals surface area contributed by atoms with Gasteiger partial charge < -0.3 is 29.9 Å². The number of nitrogens with zero attached hydrogens (tertiary/aromatic N) is 4. The predicted octanol–water partition coefficient (Wildman–Crippen LogP) is 8.90. The molecule has 12 nitrogen and oxygen atoms in total. The van der Waals surface area contributed by atoms with E-state index in [2.05, 4.69) is 83.4 Å². The summed E-state index contributed by atoms with van der Waals surface area (Å²) >= 11 is 0. The smallest absolute Gasteiger partial charge is 0.407 e. The lowest BCUT2D eigenvalue weighted by Crippen LogP contribution is -2.53. The Hall–Kier alpha value is -6.30. The number of likely N-dealkylation sites (tertiary alicyclic amines) is 2. The number of benzene rings is 4. The summed E-state index contributed by atoms with van der Waals surface area (Å²) in [7, 11) is 2.63. The van der Waals surface area contributed by atoms with Gasteiger partial charge in [0.25, 0.3) is 0 Å². The van der Waals surface area contributed by atoms with E-state index in [1.165, 1.54) is 69.9 Å². The van der Waals surface area contributed by atoms with Crippen LogP contribution in [0.1, 0.15) is 86.8 Å². The van der Waals surface area contributed by atoms with Gasteiger partial charge in [-0.2, -0.15) is 0 Å². The van der Waals surface area contributed by atoms with Crippen LogP contribution in [-0.2, 0) is 57.6 Å². The fraction of sp³-hybridized carbons (Fsp3) is 0.444. The van der Waals surface area contributed by atoms with E-state index in [9.17, 15) is 19.2 Å². The normalized spacial score (nSPS) is 19.5. The summed E-state index contributed by atoms with van der Waals surface area (Å²) in [5, 5.41) is 5.52. The molecule has 8 aliphatic rings. The van der Waals surface area contributed by atoms with E-state index in [1.807, 2.05) is 37.5 Å². The van der Waals surface area contributed by atoms with Gasteiger partial charge in [0.1, 0.15) is 12.1 Å². The number of ether oxygens (including phenoxy) is 2. The second-order valence-corrected chi connectivity index (χ2v) is 19.3. The summed E-state index contributed by atoms with van der Waals surface area (Å²) in [5.74, 6) is -0.338. The summed E-state index contributed by atoms with van der Waals surface area (Å²) in [5.41, 5.74) is 16.5. The lowest BCUT2D eigenvalue weighted by Gasteiger charge is -2.30. The molecule has 4 aromatic carbocycles. The fourth-order valence-electron chi connectivity index (χ4n) is 10.8. The number of hydrogen-bond donors (Lipinski definition) is 2. The van der Waals surface area contributed by atoms with Crippen LogP contribution in [0.2, 0.25) is 0 Å². The quantitative estimate of drug-likeness (QED) is 0.163. The third-order valence-corrected chi connectivity index (χ3v) is 14.4. The summed E-state index contributed by atoms with van der Waals surface area (Å²) < 4.78 is 9.66. The second kappa shape index (κ2) is 18.9. The molecule has 66 heavy (non-hydrogen) atoms. The molecule has 0 saturated carbocycles. The molecule has 4 bridgehead atoms. The highest BCUT2D eigenvalue weighted by atomic mass is 16.5. The van der Waals surface area contributed by atoms with Crippen LogP contribution in [0.3, 0.4) is 0 Å². The summed E-state index contributed by atoms with van der Waals surface area (Å²) in [6.45, 7) is 9.04. The molecule has 4 amide bonds. The lowest BCUT2D eigenvalue weighted by atomic mass is 9.87. The number of methoxy groups -OCH3 is 2. The average Bonchev–Trinajstić information content (AvgIpc) is 4.15. The van der Waals surface area contributed by atoms with Gasteiger partial charge >= 0.3 is 12.2 Å². The van der Waals surface area contributed by atoms with Crippen LogP contribution in [0, 0.1) is 11.8 Å². The maximum Gasteiger partial charge on any atom is 0.407 e. The third-order valence-electron chi connectivity index (χ3n) is 14.4. The van der Waals surface area contributed by atoms with Crippen molar-refractivity contribution in [1.29, 1.82) is 0 Å². The molecule has 4 atom stereocenters. The van der Waals surface area contributed by atoms with Crippen LogP contribution in [0.4, 0.5) is 21.0 Å². The molecule has 4 aliphatic carbocycles. The van der Waals surface area contributed by atoms with Gasteiger partial charge in [-0.15, -0.1) is 0 Å². The van der Waals surface area contributed by atoms with Gasteiger partial charge in [0.2, 0.25) is 11.8 Å². The number of aliphatic imine (C=N–C) groups is 2. The van der Waals surface area contributed by atoms with Crippen molar-refractivity contribution in [3.05, 3.63) is 106 Å². The molecular formula is C54H62N6O6. The van der Waals surface area contributed by atoms with Gasteiger partial charge in [-0.05, 0) is 143 Å². The molecule has 12 heteroatoms. The molecule has 0 radical (unpaired) electrons. The van der Waals surface area contributed by atoms with Gasteiger partial charge in [0.05, 0.1) is 37.7 Å². The minimum Gasteiger partial charge on any atom is -0.453 e. The zero-order chi connectivity index (χ0) is 46.2. The first-order valence-electron chi connectivity index (χ1n) is 23.8. The molecule has 2 fully saturated rings. The molecule has 344 valence electrons. The Bertz CT molecular complexity index is 2450. The number of rotatable bonds is 10. The van der Waals surface area contributed by atoms with Gasteiger partial charge in [-0.1, -0.05) is 76.2 Å². The number of alkyl carbamates (subject to hydrolysis) is 2. The molecule has 4 heterocycles. The van der Waals surface area contributed by atoms with E-state index in [0.29, 0.717) is 25.9 Å². The largest absolute Gasteiger partial charge is 0.453 e. The molecule has 12 rings (SSSR count). The van der Waals surface area contributed by atoms with Crippen LogP contribution in [0.25, 0.3) is 22.3 Å². The highest BCUT2D eigenvalue weighted by Crippen LogP contribution is 2.39. The van der Waals surface area contributed by atoms with Crippen LogP contribution < -0.4 is 10.6 Å². The Morgan fingerprint density at radius 2 is 0.985 bits per heavy atom. The van der Waals surface area contributed by atoms with Crippen molar-refractivity contribution in [3.63, 3.8) is 0 Å². The van der Waals surface area contributed by atoms with Crippen molar-refractivity contribution in [2.45, 2.75) is 116 Å². The van der Waals surface area contributed by atoms with E-state index in [0.717, 1.165) is 74.2 Å². The molecule has 2 unspecified atom stereocenters.